The van der Waals surface area contributed by atoms with Gasteiger partial charge in [0.1, 0.15) is 0 Å². The van der Waals surface area contributed by atoms with Gasteiger partial charge in [-0.3, -0.25) is 14.4 Å². The zero-order valence-electron chi connectivity index (χ0n) is 13.1. The molecular weight excluding hydrogens is 312 g/mol. The third kappa shape index (κ3) is 3.42. The lowest BCUT2D eigenvalue weighted by molar-refractivity contribution is -0.128. The van der Waals surface area contributed by atoms with Crippen LogP contribution in [0.3, 0.4) is 0 Å². The second-order valence-electron chi connectivity index (χ2n) is 5.94. The van der Waals surface area contributed by atoms with Crippen molar-refractivity contribution in [3.8, 4) is 0 Å². The first-order chi connectivity index (χ1) is 11.1. The monoisotopic (exact) mass is 332 g/mol. The Morgan fingerprint density at radius 2 is 2.04 bits per heavy atom. The highest BCUT2D eigenvalue weighted by Gasteiger charge is 2.37. The topological polar surface area (TPSA) is 66.5 Å². The molecule has 122 valence electrons. The molecule has 23 heavy (non-hydrogen) atoms. The number of amides is 2. The lowest BCUT2D eigenvalue weighted by Crippen LogP contribution is -2.41. The second kappa shape index (κ2) is 6.74. The number of aryl methyl sites for hydroxylation is 1. The third-order valence-corrected chi connectivity index (χ3v) is 5.41. The van der Waals surface area contributed by atoms with E-state index in [1.807, 2.05) is 24.3 Å². The van der Waals surface area contributed by atoms with Gasteiger partial charge in [0, 0.05) is 24.4 Å². The Bertz CT molecular complexity index is 629. The number of hydrogen-bond donors (Lipinski definition) is 1. The summed E-state index contributed by atoms with van der Waals surface area (Å²) in [6.45, 7) is 2.46. The molecule has 3 rings (SSSR count). The van der Waals surface area contributed by atoms with Crippen molar-refractivity contribution in [1.29, 1.82) is 0 Å². The zero-order chi connectivity index (χ0) is 16.4. The maximum absolute atomic E-state index is 12.3. The van der Waals surface area contributed by atoms with Crippen molar-refractivity contribution in [3.05, 3.63) is 29.8 Å². The first kappa shape index (κ1) is 16.1. The normalized spacial score (nSPS) is 24.3. The molecule has 0 unspecified atom stereocenters. The standard InChI is InChI=1S/C17H20N2O3S/c1-2-11-3-5-13(6-4-11)19-10-12(9-15(19)20)16(21)18-14-7-8-23-17(14)22/h3-6,12,14H,2,7-10H2,1H3,(H,18,21)/t12-,14-/m1/s1. The molecule has 2 aliphatic rings. The number of rotatable bonds is 4. The smallest absolute Gasteiger partial charge is 0.227 e. The molecule has 6 heteroatoms. The molecule has 0 radical (unpaired) electrons. The number of anilines is 1. The van der Waals surface area contributed by atoms with Crippen LogP contribution >= 0.6 is 11.8 Å². The predicted molar refractivity (Wildman–Crippen MR) is 90.3 cm³/mol. The summed E-state index contributed by atoms with van der Waals surface area (Å²) >= 11 is 1.26. The highest BCUT2D eigenvalue weighted by atomic mass is 32.2. The predicted octanol–water partition coefficient (Wildman–Crippen LogP) is 1.75. The molecule has 0 spiro atoms. The fourth-order valence-electron chi connectivity index (χ4n) is 2.96. The minimum Gasteiger partial charge on any atom is -0.345 e. The van der Waals surface area contributed by atoms with Gasteiger partial charge >= 0.3 is 0 Å². The lowest BCUT2D eigenvalue weighted by atomic mass is 10.1. The van der Waals surface area contributed by atoms with E-state index in [9.17, 15) is 14.4 Å². The fourth-order valence-corrected chi connectivity index (χ4v) is 3.89. The molecule has 2 atom stereocenters. The van der Waals surface area contributed by atoms with E-state index in [1.165, 1.54) is 17.3 Å². The van der Waals surface area contributed by atoms with Crippen LogP contribution in [-0.4, -0.2) is 35.3 Å². The molecule has 2 heterocycles. The van der Waals surface area contributed by atoms with Crippen molar-refractivity contribution in [2.24, 2.45) is 5.92 Å². The van der Waals surface area contributed by atoms with Crippen LogP contribution in [0.2, 0.25) is 0 Å². The number of thioether (sulfide) groups is 1. The molecule has 2 amide bonds. The number of nitrogens with zero attached hydrogens (tertiary/aromatic N) is 1. The van der Waals surface area contributed by atoms with Crippen molar-refractivity contribution in [3.63, 3.8) is 0 Å². The zero-order valence-corrected chi connectivity index (χ0v) is 13.9. The SMILES string of the molecule is CCc1ccc(N2C[C@H](C(=O)N[C@@H]3CCSC3=O)CC2=O)cc1. The third-order valence-electron chi connectivity index (χ3n) is 4.40. The van der Waals surface area contributed by atoms with Crippen molar-refractivity contribution >= 4 is 34.4 Å². The van der Waals surface area contributed by atoms with E-state index in [1.54, 1.807) is 4.90 Å². The van der Waals surface area contributed by atoms with Gasteiger partial charge in [0.25, 0.3) is 0 Å². The van der Waals surface area contributed by atoms with Crippen LogP contribution in [0, 0.1) is 5.92 Å². The average molecular weight is 332 g/mol. The average Bonchev–Trinajstić information content (AvgIpc) is 3.14. The highest BCUT2D eigenvalue weighted by molar-refractivity contribution is 8.14. The van der Waals surface area contributed by atoms with Gasteiger partial charge in [0.15, 0.2) is 0 Å². The van der Waals surface area contributed by atoms with Gasteiger partial charge in [0.05, 0.1) is 12.0 Å². The molecule has 5 nitrogen and oxygen atoms in total. The Kier molecular flexibility index (Phi) is 4.71. The summed E-state index contributed by atoms with van der Waals surface area (Å²) in [4.78, 5) is 37.8. The summed E-state index contributed by atoms with van der Waals surface area (Å²) in [6.07, 6.45) is 1.83. The van der Waals surface area contributed by atoms with Crippen LogP contribution in [0.1, 0.15) is 25.3 Å². The van der Waals surface area contributed by atoms with E-state index < -0.39 is 0 Å². The van der Waals surface area contributed by atoms with Gasteiger partial charge in [-0.15, -0.1) is 0 Å². The minimum atomic E-state index is -0.388. The van der Waals surface area contributed by atoms with Crippen molar-refractivity contribution in [2.45, 2.75) is 32.2 Å². The minimum absolute atomic E-state index is 0.0229. The maximum atomic E-state index is 12.3. The van der Waals surface area contributed by atoms with Crippen LogP contribution in [0.4, 0.5) is 5.69 Å². The van der Waals surface area contributed by atoms with Gasteiger partial charge in [-0.1, -0.05) is 30.8 Å². The Balaban J connectivity index is 1.64. The van der Waals surface area contributed by atoms with E-state index in [0.717, 1.165) is 17.9 Å². The molecule has 1 N–H and O–H groups in total. The largest absolute Gasteiger partial charge is 0.345 e. The number of carbonyl (C=O) groups excluding carboxylic acids is 3. The molecule has 2 saturated heterocycles. The van der Waals surface area contributed by atoms with Gasteiger partial charge in [0.2, 0.25) is 16.9 Å². The first-order valence-corrected chi connectivity index (χ1v) is 8.93. The molecular formula is C17H20N2O3S. The molecule has 1 aromatic rings. The molecule has 2 aliphatic heterocycles. The molecule has 0 aliphatic carbocycles. The Labute approximate surface area is 139 Å². The van der Waals surface area contributed by atoms with Crippen molar-refractivity contribution in [1.82, 2.24) is 5.32 Å². The van der Waals surface area contributed by atoms with E-state index in [-0.39, 0.29) is 35.3 Å². The van der Waals surface area contributed by atoms with Crippen LogP contribution in [0.15, 0.2) is 24.3 Å². The fraction of sp³-hybridized carbons (Fsp3) is 0.471. The number of nitrogens with one attached hydrogen (secondary N) is 1. The van der Waals surface area contributed by atoms with Gasteiger partial charge in [-0.2, -0.15) is 0 Å². The maximum Gasteiger partial charge on any atom is 0.227 e. The number of carbonyl (C=O) groups is 3. The number of hydrogen-bond acceptors (Lipinski definition) is 4. The Morgan fingerprint density at radius 3 is 2.65 bits per heavy atom. The van der Waals surface area contributed by atoms with Crippen molar-refractivity contribution in [2.75, 3.05) is 17.2 Å². The summed E-state index contributed by atoms with van der Waals surface area (Å²) in [7, 11) is 0. The van der Waals surface area contributed by atoms with E-state index in [0.29, 0.717) is 13.0 Å². The lowest BCUT2D eigenvalue weighted by Gasteiger charge is -2.18. The summed E-state index contributed by atoms with van der Waals surface area (Å²) in [6, 6.07) is 7.47. The Morgan fingerprint density at radius 1 is 1.30 bits per heavy atom. The highest BCUT2D eigenvalue weighted by Crippen LogP contribution is 2.26. The van der Waals surface area contributed by atoms with E-state index in [4.69, 9.17) is 0 Å². The molecule has 2 fully saturated rings. The summed E-state index contributed by atoms with van der Waals surface area (Å²) in [5.74, 6) is 0.142. The quantitative estimate of drug-likeness (QED) is 0.912. The van der Waals surface area contributed by atoms with E-state index in [2.05, 4.69) is 12.2 Å². The van der Waals surface area contributed by atoms with Crippen LogP contribution in [0.25, 0.3) is 0 Å². The molecule has 1 aromatic carbocycles. The van der Waals surface area contributed by atoms with Crippen LogP contribution < -0.4 is 10.2 Å². The van der Waals surface area contributed by atoms with Crippen LogP contribution in [0.5, 0.6) is 0 Å². The van der Waals surface area contributed by atoms with Gasteiger partial charge < -0.3 is 10.2 Å². The first-order valence-electron chi connectivity index (χ1n) is 7.94. The second-order valence-corrected chi connectivity index (χ2v) is 7.04. The summed E-state index contributed by atoms with van der Waals surface area (Å²) < 4.78 is 0. The van der Waals surface area contributed by atoms with Crippen molar-refractivity contribution < 1.29 is 14.4 Å². The molecule has 0 bridgehead atoms. The number of benzene rings is 1. The van der Waals surface area contributed by atoms with Gasteiger partial charge in [-0.05, 0) is 30.5 Å². The van der Waals surface area contributed by atoms with Gasteiger partial charge in [-0.25, -0.2) is 0 Å². The summed E-state index contributed by atoms with van der Waals surface area (Å²) in [5.41, 5.74) is 2.04. The summed E-state index contributed by atoms with van der Waals surface area (Å²) in [5, 5.41) is 2.82. The van der Waals surface area contributed by atoms with E-state index >= 15 is 0 Å². The van der Waals surface area contributed by atoms with Crippen LogP contribution in [-0.2, 0) is 20.8 Å². The molecule has 0 aromatic heterocycles. The Hall–Kier alpha value is -1.82. The molecule has 0 saturated carbocycles.